The van der Waals surface area contributed by atoms with Crippen LogP contribution in [0.15, 0.2) is 12.1 Å². The Labute approximate surface area is 95.9 Å². The summed E-state index contributed by atoms with van der Waals surface area (Å²) >= 11 is 11.0. The van der Waals surface area contributed by atoms with Crippen molar-refractivity contribution in [3.05, 3.63) is 33.6 Å². The lowest BCUT2D eigenvalue weighted by molar-refractivity contribution is -0.133. The second-order valence-electron chi connectivity index (χ2n) is 2.50. The average molecular weight is 247 g/mol. The highest BCUT2D eigenvalue weighted by Gasteiger charge is 2.06. The lowest BCUT2D eigenvalue weighted by atomic mass is 10.2. The van der Waals surface area contributed by atoms with Gasteiger partial charge in [0.05, 0.1) is 17.2 Å². The van der Waals surface area contributed by atoms with Gasteiger partial charge < -0.3 is 4.74 Å². The van der Waals surface area contributed by atoms with Crippen molar-refractivity contribution >= 4 is 29.2 Å². The van der Waals surface area contributed by atoms with Crippen molar-refractivity contribution in [1.29, 1.82) is 0 Å². The number of halogens is 3. The molecule has 1 aromatic carbocycles. The van der Waals surface area contributed by atoms with Crippen molar-refractivity contribution in [1.82, 2.24) is 0 Å². The summed E-state index contributed by atoms with van der Waals surface area (Å²) in [6.07, 6.45) is 0. The van der Waals surface area contributed by atoms with Gasteiger partial charge in [-0.1, -0.05) is 29.1 Å². The van der Waals surface area contributed by atoms with Crippen molar-refractivity contribution in [2.24, 2.45) is 0 Å². The molecule has 0 amide bonds. The Morgan fingerprint density at radius 2 is 1.93 bits per heavy atom. The van der Waals surface area contributed by atoms with Crippen LogP contribution in [0.25, 0.3) is 0 Å². The summed E-state index contributed by atoms with van der Waals surface area (Å²) < 4.78 is 17.3. The van der Waals surface area contributed by atoms with Crippen molar-refractivity contribution in [3.63, 3.8) is 0 Å². The number of ether oxygens (including phenoxy) is 1. The Morgan fingerprint density at radius 3 is 2.40 bits per heavy atom. The first-order chi connectivity index (χ1) is 7.04. The zero-order valence-corrected chi connectivity index (χ0v) is 9.12. The van der Waals surface area contributed by atoms with E-state index in [1.54, 1.807) is 0 Å². The summed E-state index contributed by atoms with van der Waals surface area (Å²) in [5.41, 5.74) is 0.344. The molecule has 0 saturated heterocycles. The van der Waals surface area contributed by atoms with Crippen LogP contribution in [-0.4, -0.2) is 13.1 Å². The fourth-order valence-electron chi connectivity index (χ4n) is 0.802. The zero-order valence-electron chi connectivity index (χ0n) is 7.61. The molecular weight excluding hydrogens is 242 g/mol. The van der Waals surface area contributed by atoms with E-state index in [1.807, 2.05) is 0 Å². The summed E-state index contributed by atoms with van der Waals surface area (Å²) in [6.45, 7) is 0. The van der Waals surface area contributed by atoms with Gasteiger partial charge in [0, 0.05) is 11.5 Å². The van der Waals surface area contributed by atoms with Crippen LogP contribution in [0.2, 0.25) is 10.0 Å². The number of rotatable bonds is 0. The van der Waals surface area contributed by atoms with E-state index in [0.717, 1.165) is 0 Å². The molecule has 15 heavy (non-hydrogen) atoms. The molecule has 0 spiro atoms. The molecule has 1 rings (SSSR count). The Hall–Kier alpha value is -1.24. The van der Waals surface area contributed by atoms with Crippen LogP contribution in [-0.2, 0) is 9.53 Å². The van der Waals surface area contributed by atoms with Gasteiger partial charge in [-0.15, -0.1) is 0 Å². The molecule has 0 heterocycles. The fraction of sp³-hybridized carbons (Fsp3) is 0.100. The maximum absolute atomic E-state index is 13.0. The molecule has 0 aromatic heterocycles. The van der Waals surface area contributed by atoms with Crippen molar-refractivity contribution in [3.8, 4) is 11.8 Å². The van der Waals surface area contributed by atoms with Gasteiger partial charge in [0.1, 0.15) is 0 Å². The van der Waals surface area contributed by atoms with Crippen LogP contribution in [0.1, 0.15) is 5.56 Å². The first kappa shape index (κ1) is 11.8. The summed E-state index contributed by atoms with van der Waals surface area (Å²) in [5, 5.41) is -0.284. The van der Waals surface area contributed by atoms with Gasteiger partial charge in [-0.05, 0) is 12.1 Å². The minimum atomic E-state index is -0.707. The van der Waals surface area contributed by atoms with Crippen LogP contribution >= 0.6 is 23.2 Å². The monoisotopic (exact) mass is 246 g/mol. The number of benzene rings is 1. The van der Waals surface area contributed by atoms with Gasteiger partial charge >= 0.3 is 5.97 Å². The third kappa shape index (κ3) is 3.12. The first-order valence-corrected chi connectivity index (χ1v) is 4.54. The zero-order chi connectivity index (χ0) is 11.4. The van der Waals surface area contributed by atoms with E-state index in [4.69, 9.17) is 23.2 Å². The quantitative estimate of drug-likeness (QED) is 0.400. The second kappa shape index (κ2) is 5.01. The van der Waals surface area contributed by atoms with Gasteiger partial charge in [-0.3, -0.25) is 0 Å². The number of carbonyl (C=O) groups is 1. The van der Waals surface area contributed by atoms with E-state index in [1.165, 1.54) is 19.2 Å². The molecule has 0 unspecified atom stereocenters. The maximum atomic E-state index is 13.0. The second-order valence-corrected chi connectivity index (χ2v) is 3.31. The molecule has 0 aliphatic carbocycles. The highest BCUT2D eigenvalue weighted by Crippen LogP contribution is 2.24. The number of hydrogen-bond donors (Lipinski definition) is 0. The number of methoxy groups -OCH3 is 1. The Bertz CT molecular complexity index is 437. The Balaban J connectivity index is 3.06. The molecule has 5 heteroatoms. The van der Waals surface area contributed by atoms with Crippen LogP contribution in [0, 0.1) is 17.7 Å². The predicted molar refractivity (Wildman–Crippen MR) is 55.3 cm³/mol. The van der Waals surface area contributed by atoms with Crippen molar-refractivity contribution in [2.75, 3.05) is 7.11 Å². The summed E-state index contributed by atoms with van der Waals surface area (Å²) in [4.78, 5) is 10.7. The minimum Gasteiger partial charge on any atom is -0.459 e. The summed E-state index contributed by atoms with van der Waals surface area (Å²) in [7, 11) is 1.21. The minimum absolute atomic E-state index is 0.142. The lowest BCUT2D eigenvalue weighted by Gasteiger charge is -1.97. The lowest BCUT2D eigenvalue weighted by Crippen LogP contribution is -1.94. The van der Waals surface area contributed by atoms with Crippen LogP contribution in [0.4, 0.5) is 4.39 Å². The number of carbonyl (C=O) groups excluding carboxylic acids is 1. The molecular formula is C10H5Cl2FO2. The van der Waals surface area contributed by atoms with Gasteiger partial charge in [0.25, 0.3) is 0 Å². The molecule has 78 valence electrons. The normalized spacial score (nSPS) is 9.07. The van der Waals surface area contributed by atoms with Gasteiger partial charge in [0.15, 0.2) is 5.82 Å². The number of esters is 1. The van der Waals surface area contributed by atoms with E-state index < -0.39 is 11.8 Å². The maximum Gasteiger partial charge on any atom is 0.384 e. The summed E-state index contributed by atoms with van der Waals surface area (Å²) in [6, 6.07) is 2.55. The number of hydrogen-bond acceptors (Lipinski definition) is 2. The Kier molecular flexibility index (Phi) is 3.96. The average Bonchev–Trinajstić information content (AvgIpc) is 2.22. The van der Waals surface area contributed by atoms with Gasteiger partial charge in [0.2, 0.25) is 0 Å². The molecule has 0 fully saturated rings. The smallest absolute Gasteiger partial charge is 0.384 e. The molecule has 0 N–H and O–H groups in total. The van der Waals surface area contributed by atoms with E-state index in [-0.39, 0.29) is 10.0 Å². The first-order valence-electron chi connectivity index (χ1n) is 3.79. The molecule has 2 nitrogen and oxygen atoms in total. The van der Waals surface area contributed by atoms with Crippen LogP contribution < -0.4 is 0 Å². The third-order valence-corrected chi connectivity index (χ3v) is 2.03. The molecule has 0 saturated carbocycles. The fourth-order valence-corrected chi connectivity index (χ4v) is 1.29. The van der Waals surface area contributed by atoms with Crippen LogP contribution in [0.5, 0.6) is 0 Å². The molecule has 0 aliphatic rings. The molecule has 0 atom stereocenters. The molecule has 0 bridgehead atoms. The van der Waals surface area contributed by atoms with E-state index in [0.29, 0.717) is 5.56 Å². The van der Waals surface area contributed by atoms with Crippen LogP contribution in [0.3, 0.4) is 0 Å². The van der Waals surface area contributed by atoms with Gasteiger partial charge in [-0.2, -0.15) is 0 Å². The molecule has 0 aliphatic heterocycles. The van der Waals surface area contributed by atoms with Crippen molar-refractivity contribution in [2.45, 2.75) is 0 Å². The third-order valence-electron chi connectivity index (χ3n) is 1.48. The standard InChI is InChI=1S/C10H5Cl2FO2/c1-15-9(14)3-2-6-4-7(11)10(13)8(12)5-6/h4-5H,1H3. The van der Waals surface area contributed by atoms with E-state index in [9.17, 15) is 9.18 Å². The highest BCUT2D eigenvalue weighted by atomic mass is 35.5. The van der Waals surface area contributed by atoms with E-state index >= 15 is 0 Å². The SMILES string of the molecule is COC(=O)C#Cc1cc(Cl)c(F)c(Cl)c1. The van der Waals surface area contributed by atoms with Crippen molar-refractivity contribution < 1.29 is 13.9 Å². The molecule has 0 radical (unpaired) electrons. The van der Waals surface area contributed by atoms with Gasteiger partial charge in [-0.25, -0.2) is 9.18 Å². The Morgan fingerprint density at radius 1 is 1.40 bits per heavy atom. The largest absolute Gasteiger partial charge is 0.459 e. The topological polar surface area (TPSA) is 26.3 Å². The highest BCUT2D eigenvalue weighted by molar-refractivity contribution is 6.35. The van der Waals surface area contributed by atoms with E-state index in [2.05, 4.69) is 16.6 Å². The summed E-state index contributed by atoms with van der Waals surface area (Å²) in [5.74, 6) is 3.22. The predicted octanol–water partition coefficient (Wildman–Crippen LogP) is 2.66. The molecule has 1 aromatic rings.